The summed E-state index contributed by atoms with van der Waals surface area (Å²) >= 11 is 0. The summed E-state index contributed by atoms with van der Waals surface area (Å²) in [7, 11) is 0. The zero-order chi connectivity index (χ0) is 12.0. The first kappa shape index (κ1) is 12.4. The lowest BCUT2D eigenvalue weighted by atomic mass is 10.1. The monoisotopic (exact) mass is 213 g/mol. The highest BCUT2D eigenvalue weighted by molar-refractivity contribution is 5.81. The maximum Gasteiger partial charge on any atom is 0.0735 e. The molecule has 0 saturated heterocycles. The van der Waals surface area contributed by atoms with Crippen molar-refractivity contribution in [2.75, 3.05) is 0 Å². The summed E-state index contributed by atoms with van der Waals surface area (Å²) in [6.07, 6.45) is 4.70. The van der Waals surface area contributed by atoms with E-state index in [0.717, 1.165) is 12.1 Å². The third-order valence-electron chi connectivity index (χ3n) is 2.46. The average molecular weight is 213 g/mol. The average Bonchev–Trinajstić information content (AvgIpc) is 2.71. The van der Waals surface area contributed by atoms with E-state index in [1.165, 1.54) is 16.7 Å². The largest absolute Gasteiger partial charge is 0.261 e. The first-order valence-electron chi connectivity index (χ1n) is 5.79. The molecule has 1 nitrogen and oxygen atoms in total. The molecule has 0 saturated carbocycles. The van der Waals surface area contributed by atoms with Crippen molar-refractivity contribution in [3.8, 4) is 0 Å². The van der Waals surface area contributed by atoms with E-state index in [0.29, 0.717) is 0 Å². The Bertz CT molecular complexity index is 425. The lowest BCUT2D eigenvalue weighted by molar-refractivity contribution is 1.25. The van der Waals surface area contributed by atoms with E-state index in [-0.39, 0.29) is 0 Å². The van der Waals surface area contributed by atoms with E-state index >= 15 is 0 Å². The number of allylic oxidation sites excluding steroid dienone is 2. The van der Waals surface area contributed by atoms with Crippen molar-refractivity contribution in [2.45, 2.75) is 27.2 Å². The normalized spacial score (nSPS) is 13.4. The van der Waals surface area contributed by atoms with Gasteiger partial charge in [-0.3, -0.25) is 4.99 Å². The van der Waals surface area contributed by atoms with Crippen molar-refractivity contribution in [3.63, 3.8) is 0 Å². The van der Waals surface area contributed by atoms with E-state index in [2.05, 4.69) is 35.8 Å². The fourth-order valence-electron chi connectivity index (χ4n) is 1.82. The van der Waals surface area contributed by atoms with Gasteiger partial charge in [-0.25, -0.2) is 0 Å². The van der Waals surface area contributed by atoms with Gasteiger partial charge >= 0.3 is 0 Å². The smallest absolute Gasteiger partial charge is 0.0735 e. The Morgan fingerprint density at radius 2 is 1.94 bits per heavy atom. The predicted molar refractivity (Wildman–Crippen MR) is 72.8 cm³/mol. The minimum absolute atomic E-state index is 0.965. The van der Waals surface area contributed by atoms with Crippen LogP contribution in [0, 0.1) is 0 Å². The number of fused-ring (bicyclic) bond motifs is 1. The second-order valence-corrected chi connectivity index (χ2v) is 3.30. The van der Waals surface area contributed by atoms with Crippen molar-refractivity contribution in [2.24, 2.45) is 4.99 Å². The Balaban J connectivity index is 0.000000606. The summed E-state index contributed by atoms with van der Waals surface area (Å²) in [5.74, 6) is 0. The lowest BCUT2D eigenvalue weighted by Crippen LogP contribution is -1.81. The maximum absolute atomic E-state index is 4.40. The van der Waals surface area contributed by atoms with Gasteiger partial charge in [0.05, 0.1) is 5.70 Å². The van der Waals surface area contributed by atoms with Crippen molar-refractivity contribution in [1.29, 1.82) is 0 Å². The van der Waals surface area contributed by atoms with Crippen LogP contribution in [0.2, 0.25) is 0 Å². The summed E-state index contributed by atoms with van der Waals surface area (Å²) < 4.78 is 0. The second kappa shape index (κ2) is 6.06. The van der Waals surface area contributed by atoms with Crippen LogP contribution >= 0.6 is 0 Å². The van der Waals surface area contributed by atoms with Gasteiger partial charge in [0.25, 0.3) is 0 Å². The van der Waals surface area contributed by atoms with Gasteiger partial charge in [-0.15, -0.1) is 0 Å². The molecule has 0 bridgehead atoms. The summed E-state index contributed by atoms with van der Waals surface area (Å²) in [6, 6.07) is 8.39. The molecule has 0 fully saturated rings. The summed E-state index contributed by atoms with van der Waals surface area (Å²) in [5, 5.41) is 0. The molecular weight excluding hydrogens is 194 g/mol. The predicted octanol–water partition coefficient (Wildman–Crippen LogP) is 4.26. The quantitative estimate of drug-likeness (QED) is 0.651. The summed E-state index contributed by atoms with van der Waals surface area (Å²) in [4.78, 5) is 4.40. The molecule has 0 aromatic heterocycles. The Kier molecular flexibility index (Phi) is 4.71. The standard InChI is InChI=1S/C13H13N.C2H6/c1-3-10-9-11-7-5-6-8-12(11)13(10)14-4-2;1-2/h3-8H,1,9H2,2H3;1-2H3. The van der Waals surface area contributed by atoms with Gasteiger partial charge < -0.3 is 0 Å². The van der Waals surface area contributed by atoms with E-state index in [9.17, 15) is 0 Å². The summed E-state index contributed by atoms with van der Waals surface area (Å²) in [5.41, 5.74) is 4.91. The van der Waals surface area contributed by atoms with Crippen LogP contribution in [0.1, 0.15) is 31.9 Å². The number of hydrogen-bond acceptors (Lipinski definition) is 1. The molecule has 1 heteroatoms. The number of aliphatic imine (C=N–C) groups is 1. The summed E-state index contributed by atoms with van der Waals surface area (Å²) in [6.45, 7) is 9.77. The SMILES string of the molecule is C=CC1=C(N=CC)c2ccccc2C1.CC. The van der Waals surface area contributed by atoms with Gasteiger partial charge in [0.15, 0.2) is 0 Å². The Morgan fingerprint density at radius 3 is 2.56 bits per heavy atom. The highest BCUT2D eigenvalue weighted by Gasteiger charge is 2.17. The van der Waals surface area contributed by atoms with Crippen LogP contribution in [-0.2, 0) is 6.42 Å². The molecular formula is C15H19N. The fourth-order valence-corrected chi connectivity index (χ4v) is 1.82. The molecule has 0 radical (unpaired) electrons. The van der Waals surface area contributed by atoms with Crippen LogP contribution in [0.25, 0.3) is 5.70 Å². The molecule has 0 unspecified atom stereocenters. The molecule has 84 valence electrons. The van der Waals surface area contributed by atoms with E-state index in [1.807, 2.05) is 33.1 Å². The molecule has 16 heavy (non-hydrogen) atoms. The van der Waals surface area contributed by atoms with Crippen molar-refractivity contribution < 1.29 is 0 Å². The van der Waals surface area contributed by atoms with Gasteiger partial charge in [-0.05, 0) is 18.1 Å². The van der Waals surface area contributed by atoms with Gasteiger partial charge in [-0.1, -0.05) is 50.8 Å². The Labute approximate surface area is 98.2 Å². The lowest BCUT2D eigenvalue weighted by Gasteiger charge is -1.98. The molecule has 1 aromatic carbocycles. The molecule has 0 N–H and O–H groups in total. The third-order valence-corrected chi connectivity index (χ3v) is 2.46. The van der Waals surface area contributed by atoms with E-state index in [1.54, 1.807) is 0 Å². The highest BCUT2D eigenvalue weighted by atomic mass is 14.7. The molecule has 0 spiro atoms. The number of benzene rings is 1. The van der Waals surface area contributed by atoms with Gasteiger partial charge in [0.2, 0.25) is 0 Å². The molecule has 0 aliphatic heterocycles. The number of rotatable bonds is 2. The number of hydrogen-bond donors (Lipinski definition) is 0. The maximum atomic E-state index is 4.40. The zero-order valence-corrected chi connectivity index (χ0v) is 10.3. The van der Waals surface area contributed by atoms with Crippen molar-refractivity contribution in [3.05, 3.63) is 53.6 Å². The van der Waals surface area contributed by atoms with Crippen molar-refractivity contribution in [1.82, 2.24) is 0 Å². The van der Waals surface area contributed by atoms with Crippen LogP contribution in [0.4, 0.5) is 0 Å². The molecule has 0 amide bonds. The fraction of sp³-hybridized carbons (Fsp3) is 0.267. The zero-order valence-electron chi connectivity index (χ0n) is 10.3. The number of nitrogens with zero attached hydrogens (tertiary/aromatic N) is 1. The van der Waals surface area contributed by atoms with E-state index in [4.69, 9.17) is 0 Å². The molecule has 0 heterocycles. The molecule has 1 aromatic rings. The van der Waals surface area contributed by atoms with Crippen LogP contribution in [0.3, 0.4) is 0 Å². The Morgan fingerprint density at radius 1 is 1.25 bits per heavy atom. The van der Waals surface area contributed by atoms with Gasteiger partial charge in [0, 0.05) is 18.2 Å². The van der Waals surface area contributed by atoms with Crippen LogP contribution < -0.4 is 0 Å². The van der Waals surface area contributed by atoms with Crippen LogP contribution in [0.5, 0.6) is 0 Å². The minimum Gasteiger partial charge on any atom is -0.261 e. The van der Waals surface area contributed by atoms with Crippen molar-refractivity contribution >= 4 is 11.9 Å². The van der Waals surface area contributed by atoms with Gasteiger partial charge in [-0.2, -0.15) is 0 Å². The Hall–Kier alpha value is -1.63. The van der Waals surface area contributed by atoms with Crippen LogP contribution in [0.15, 0.2) is 47.5 Å². The minimum atomic E-state index is 0.965. The molecule has 2 rings (SSSR count). The first-order valence-corrected chi connectivity index (χ1v) is 5.79. The third kappa shape index (κ3) is 2.30. The molecule has 1 aliphatic carbocycles. The second-order valence-electron chi connectivity index (χ2n) is 3.30. The molecule has 0 atom stereocenters. The van der Waals surface area contributed by atoms with E-state index < -0.39 is 0 Å². The van der Waals surface area contributed by atoms with Gasteiger partial charge in [0.1, 0.15) is 0 Å². The topological polar surface area (TPSA) is 12.4 Å². The van der Waals surface area contributed by atoms with Crippen LogP contribution in [-0.4, -0.2) is 6.21 Å². The highest BCUT2D eigenvalue weighted by Crippen LogP contribution is 2.33. The molecule has 1 aliphatic rings. The first-order chi connectivity index (χ1) is 7.86.